The first kappa shape index (κ1) is 13.1. The van der Waals surface area contributed by atoms with E-state index in [2.05, 4.69) is 0 Å². The standard InChI is InChI=1S/C16H11NO4/c1-10-4-2-3-5-13(10)14-9-11-8-12(17(19)20)6-7-15(11)21-16(14)18/h2-9H,1H3. The van der Waals surface area contributed by atoms with Crippen molar-refractivity contribution in [3.8, 4) is 11.1 Å². The first-order chi connectivity index (χ1) is 10.1. The Kier molecular flexibility index (Phi) is 3.02. The molecule has 2 aromatic carbocycles. The number of aryl methyl sites for hydroxylation is 1. The molecule has 5 heteroatoms. The lowest BCUT2D eigenvalue weighted by atomic mass is 10.0. The molecule has 3 rings (SSSR count). The molecule has 1 heterocycles. The number of nitro benzene ring substituents is 1. The van der Waals surface area contributed by atoms with E-state index < -0.39 is 10.5 Å². The van der Waals surface area contributed by atoms with Crippen LogP contribution in [0.4, 0.5) is 5.69 Å². The van der Waals surface area contributed by atoms with Gasteiger partial charge in [-0.05, 0) is 30.2 Å². The molecule has 0 aliphatic rings. The van der Waals surface area contributed by atoms with Crippen molar-refractivity contribution in [2.45, 2.75) is 6.92 Å². The van der Waals surface area contributed by atoms with E-state index in [4.69, 9.17) is 4.42 Å². The zero-order chi connectivity index (χ0) is 15.0. The molecule has 0 spiro atoms. The SMILES string of the molecule is Cc1ccccc1-c1cc2cc([N+](=O)[O-])ccc2oc1=O. The molecule has 0 saturated carbocycles. The molecule has 0 aliphatic heterocycles. The van der Waals surface area contributed by atoms with Crippen LogP contribution >= 0.6 is 0 Å². The summed E-state index contributed by atoms with van der Waals surface area (Å²) in [4.78, 5) is 22.5. The molecule has 0 bridgehead atoms. The van der Waals surface area contributed by atoms with Gasteiger partial charge in [0.15, 0.2) is 0 Å². The number of hydrogen-bond acceptors (Lipinski definition) is 4. The van der Waals surface area contributed by atoms with Crippen LogP contribution in [0, 0.1) is 17.0 Å². The van der Waals surface area contributed by atoms with Gasteiger partial charge in [0.1, 0.15) is 5.58 Å². The fraction of sp³-hybridized carbons (Fsp3) is 0.0625. The van der Waals surface area contributed by atoms with Crippen LogP contribution in [0.25, 0.3) is 22.1 Å². The van der Waals surface area contributed by atoms with Crippen LogP contribution in [0.5, 0.6) is 0 Å². The van der Waals surface area contributed by atoms with Gasteiger partial charge in [0.25, 0.3) is 5.69 Å². The van der Waals surface area contributed by atoms with E-state index in [-0.39, 0.29) is 5.69 Å². The summed E-state index contributed by atoms with van der Waals surface area (Å²) in [5, 5.41) is 11.4. The lowest BCUT2D eigenvalue weighted by Crippen LogP contribution is -2.03. The zero-order valence-electron chi connectivity index (χ0n) is 11.2. The third-order valence-corrected chi connectivity index (χ3v) is 3.36. The fourth-order valence-electron chi connectivity index (χ4n) is 2.29. The van der Waals surface area contributed by atoms with Crippen molar-refractivity contribution in [3.05, 3.63) is 74.6 Å². The molecular weight excluding hydrogens is 270 g/mol. The number of rotatable bonds is 2. The Labute approximate surface area is 119 Å². The van der Waals surface area contributed by atoms with Crippen molar-refractivity contribution in [2.75, 3.05) is 0 Å². The highest BCUT2D eigenvalue weighted by Crippen LogP contribution is 2.26. The maximum absolute atomic E-state index is 12.1. The molecule has 0 amide bonds. The van der Waals surface area contributed by atoms with Crippen molar-refractivity contribution in [1.29, 1.82) is 0 Å². The quantitative estimate of drug-likeness (QED) is 0.408. The highest BCUT2D eigenvalue weighted by atomic mass is 16.6. The van der Waals surface area contributed by atoms with Gasteiger partial charge in [-0.2, -0.15) is 0 Å². The minimum Gasteiger partial charge on any atom is -0.422 e. The van der Waals surface area contributed by atoms with E-state index in [9.17, 15) is 14.9 Å². The number of hydrogen-bond donors (Lipinski definition) is 0. The molecule has 0 N–H and O–H groups in total. The lowest BCUT2D eigenvalue weighted by Gasteiger charge is -2.05. The summed E-state index contributed by atoms with van der Waals surface area (Å²) < 4.78 is 5.26. The van der Waals surface area contributed by atoms with Gasteiger partial charge in [-0.25, -0.2) is 4.79 Å². The summed E-state index contributed by atoms with van der Waals surface area (Å²) in [7, 11) is 0. The molecule has 5 nitrogen and oxygen atoms in total. The predicted molar refractivity (Wildman–Crippen MR) is 79.3 cm³/mol. The Morgan fingerprint density at radius 2 is 1.81 bits per heavy atom. The fourth-order valence-corrected chi connectivity index (χ4v) is 2.29. The van der Waals surface area contributed by atoms with Crippen LogP contribution < -0.4 is 5.63 Å². The maximum atomic E-state index is 12.1. The molecule has 0 unspecified atom stereocenters. The lowest BCUT2D eigenvalue weighted by molar-refractivity contribution is -0.384. The van der Waals surface area contributed by atoms with Gasteiger partial charge in [-0.1, -0.05) is 24.3 Å². The van der Waals surface area contributed by atoms with Gasteiger partial charge >= 0.3 is 5.63 Å². The van der Waals surface area contributed by atoms with Gasteiger partial charge in [-0.15, -0.1) is 0 Å². The van der Waals surface area contributed by atoms with Crippen LogP contribution in [0.2, 0.25) is 0 Å². The van der Waals surface area contributed by atoms with Gasteiger partial charge in [0.05, 0.1) is 10.5 Å². The number of nitro groups is 1. The summed E-state index contributed by atoms with van der Waals surface area (Å²) in [5.41, 5.74) is 1.95. The smallest absolute Gasteiger partial charge is 0.344 e. The molecule has 0 fully saturated rings. The highest BCUT2D eigenvalue weighted by molar-refractivity contribution is 5.84. The van der Waals surface area contributed by atoms with Crippen LogP contribution in [-0.4, -0.2) is 4.92 Å². The summed E-state index contributed by atoms with van der Waals surface area (Å²) in [5.74, 6) is 0. The normalized spacial score (nSPS) is 10.7. The van der Waals surface area contributed by atoms with Crippen LogP contribution in [-0.2, 0) is 0 Å². The highest BCUT2D eigenvalue weighted by Gasteiger charge is 2.12. The molecule has 0 saturated heterocycles. The molecule has 0 radical (unpaired) electrons. The number of fused-ring (bicyclic) bond motifs is 1. The third-order valence-electron chi connectivity index (χ3n) is 3.36. The largest absolute Gasteiger partial charge is 0.422 e. The van der Waals surface area contributed by atoms with E-state index in [0.717, 1.165) is 11.1 Å². The van der Waals surface area contributed by atoms with Crippen molar-refractivity contribution < 1.29 is 9.34 Å². The molecular formula is C16H11NO4. The van der Waals surface area contributed by atoms with Crippen molar-refractivity contribution in [2.24, 2.45) is 0 Å². The van der Waals surface area contributed by atoms with Crippen LogP contribution in [0.15, 0.2) is 57.7 Å². The summed E-state index contributed by atoms with van der Waals surface area (Å²) in [6, 6.07) is 13.2. The summed E-state index contributed by atoms with van der Waals surface area (Å²) in [6.07, 6.45) is 0. The maximum Gasteiger partial charge on any atom is 0.344 e. The topological polar surface area (TPSA) is 73.3 Å². The molecule has 1 aromatic heterocycles. The average molecular weight is 281 g/mol. The Hall–Kier alpha value is -2.95. The summed E-state index contributed by atoms with van der Waals surface area (Å²) in [6.45, 7) is 1.90. The van der Waals surface area contributed by atoms with E-state index in [1.165, 1.54) is 18.2 Å². The molecule has 0 atom stereocenters. The predicted octanol–water partition coefficient (Wildman–Crippen LogP) is 3.68. The van der Waals surface area contributed by atoms with Gasteiger partial charge in [0.2, 0.25) is 0 Å². The average Bonchev–Trinajstić information content (AvgIpc) is 2.47. The Bertz CT molecular complexity index is 912. The van der Waals surface area contributed by atoms with Gasteiger partial charge in [0, 0.05) is 17.5 Å². The van der Waals surface area contributed by atoms with E-state index in [1.54, 1.807) is 6.07 Å². The molecule has 21 heavy (non-hydrogen) atoms. The Morgan fingerprint density at radius 3 is 2.52 bits per heavy atom. The van der Waals surface area contributed by atoms with Crippen molar-refractivity contribution in [1.82, 2.24) is 0 Å². The van der Waals surface area contributed by atoms with Gasteiger partial charge in [-0.3, -0.25) is 10.1 Å². The minimum absolute atomic E-state index is 0.0351. The van der Waals surface area contributed by atoms with E-state index >= 15 is 0 Å². The second kappa shape index (κ2) is 4.86. The zero-order valence-corrected chi connectivity index (χ0v) is 11.2. The minimum atomic E-state index is -0.474. The number of benzene rings is 2. The first-order valence-corrected chi connectivity index (χ1v) is 6.34. The van der Waals surface area contributed by atoms with Crippen LogP contribution in [0.3, 0.4) is 0 Å². The summed E-state index contributed by atoms with van der Waals surface area (Å²) >= 11 is 0. The second-order valence-corrected chi connectivity index (χ2v) is 4.74. The second-order valence-electron chi connectivity index (χ2n) is 4.74. The Morgan fingerprint density at radius 1 is 1.05 bits per heavy atom. The van der Waals surface area contributed by atoms with E-state index in [0.29, 0.717) is 16.5 Å². The monoisotopic (exact) mass is 281 g/mol. The first-order valence-electron chi connectivity index (χ1n) is 6.34. The molecule has 3 aromatic rings. The third kappa shape index (κ3) is 2.29. The van der Waals surface area contributed by atoms with Crippen molar-refractivity contribution in [3.63, 3.8) is 0 Å². The van der Waals surface area contributed by atoms with Crippen LogP contribution in [0.1, 0.15) is 5.56 Å². The van der Waals surface area contributed by atoms with Gasteiger partial charge < -0.3 is 4.42 Å². The van der Waals surface area contributed by atoms with E-state index in [1.807, 2.05) is 31.2 Å². The Balaban J connectivity index is 2.29. The van der Waals surface area contributed by atoms with Crippen molar-refractivity contribution >= 4 is 16.7 Å². The molecule has 0 aliphatic carbocycles. The molecule has 104 valence electrons. The number of non-ortho nitro benzene ring substituents is 1. The number of nitrogens with zero attached hydrogens (tertiary/aromatic N) is 1.